The minimum absolute atomic E-state index is 0.00443. The number of phenols is 2. The van der Waals surface area contributed by atoms with Crippen LogP contribution >= 0.6 is 14.2 Å². The minimum atomic E-state index is -1.03. The van der Waals surface area contributed by atoms with Crippen molar-refractivity contribution in [1.82, 2.24) is 9.13 Å². The number of aromatic nitrogens is 2. The van der Waals surface area contributed by atoms with Crippen LogP contribution in [0.2, 0.25) is 0 Å². The molecule has 1 fully saturated rings. The predicted octanol–water partition coefficient (Wildman–Crippen LogP) is 19.6. The second-order valence-electron chi connectivity index (χ2n) is 28.7. The first kappa shape index (κ1) is 54.5. The fourth-order valence-electron chi connectivity index (χ4n) is 11.8. The molecule has 4 nitrogen and oxygen atoms in total. The molecule has 0 amide bonds. The molecule has 2 N–H and O–H groups in total. The van der Waals surface area contributed by atoms with Crippen molar-refractivity contribution in [2.45, 2.75) is 205 Å². The molecular weight excluding hydrogens is 1030 g/mol. The number of rotatable bonds is 6. The average Bonchev–Trinajstić information content (AvgIpc) is 3.94. The van der Waals surface area contributed by atoms with Crippen molar-refractivity contribution >= 4 is 57.9 Å². The van der Waals surface area contributed by atoms with Gasteiger partial charge in [-0.05, 0) is 0 Å². The molecule has 6 aromatic carbocycles. The van der Waals surface area contributed by atoms with Crippen LogP contribution in [0.15, 0.2) is 97.1 Å². The quantitative estimate of drug-likeness (QED) is 0.174. The number of benzene rings is 6. The summed E-state index contributed by atoms with van der Waals surface area (Å²) >= 11 is -1.03. The van der Waals surface area contributed by atoms with Gasteiger partial charge in [0, 0.05) is 0 Å². The van der Waals surface area contributed by atoms with E-state index in [0.717, 1.165) is 56.1 Å². The van der Waals surface area contributed by atoms with Gasteiger partial charge < -0.3 is 0 Å². The Balaban J connectivity index is 1.14. The number of phenolic OH excluding ortho intramolecular Hbond substituents is 2. The molecule has 3 heterocycles. The van der Waals surface area contributed by atoms with Crippen LogP contribution in [0, 0.1) is 0 Å². The van der Waals surface area contributed by atoms with E-state index in [0.29, 0.717) is 22.0 Å². The van der Waals surface area contributed by atoms with E-state index in [1.54, 1.807) is 0 Å². The number of hydrogen-bond acceptors (Lipinski definition) is 2. The molecule has 4 atom stereocenters. The zero-order valence-corrected chi connectivity index (χ0v) is 52.8. The van der Waals surface area contributed by atoms with Crippen molar-refractivity contribution in [2.24, 2.45) is 0 Å². The van der Waals surface area contributed by atoms with Gasteiger partial charge in [-0.3, -0.25) is 0 Å². The second-order valence-corrected chi connectivity index (χ2v) is 44.3. The molecule has 0 saturated heterocycles. The summed E-state index contributed by atoms with van der Waals surface area (Å²) in [6, 6.07) is 37.5. The molecule has 75 heavy (non-hydrogen) atoms. The zero-order chi connectivity index (χ0) is 54.3. The molecular formula is C68H86N2O2S2Zr. The predicted molar refractivity (Wildman–Crippen MR) is 326 cm³/mol. The molecule has 1 aliphatic heterocycles. The summed E-state index contributed by atoms with van der Waals surface area (Å²) in [5, 5.41) is 32.3. The van der Waals surface area contributed by atoms with Crippen molar-refractivity contribution in [2.75, 3.05) is 0 Å². The Kier molecular flexibility index (Phi) is 13.7. The van der Waals surface area contributed by atoms with Gasteiger partial charge in [-0.2, -0.15) is 0 Å². The number of nitrogens with zero attached hydrogens (tertiary/aromatic N) is 2. The third-order valence-corrected chi connectivity index (χ3v) is 38.5. The van der Waals surface area contributed by atoms with E-state index in [1.165, 1.54) is 80.6 Å². The summed E-state index contributed by atoms with van der Waals surface area (Å²) in [5.74, 6) is 2.80. The third kappa shape index (κ3) is 10.1. The van der Waals surface area contributed by atoms with Crippen LogP contribution in [0.25, 0.3) is 55.0 Å². The van der Waals surface area contributed by atoms with Gasteiger partial charge in [0.1, 0.15) is 0 Å². The van der Waals surface area contributed by atoms with E-state index >= 15 is 0 Å². The molecule has 396 valence electrons. The molecule has 1 aliphatic carbocycles. The van der Waals surface area contributed by atoms with Crippen LogP contribution in [-0.4, -0.2) is 29.8 Å². The number of hydrogen-bond donors (Lipinski definition) is 2. The monoisotopic (exact) mass is 1120 g/mol. The van der Waals surface area contributed by atoms with Crippen LogP contribution in [0.5, 0.6) is 11.5 Å². The summed E-state index contributed by atoms with van der Waals surface area (Å²) in [6.07, 6.45) is 5.17. The molecule has 10 rings (SSSR count). The van der Waals surface area contributed by atoms with Crippen molar-refractivity contribution in [3.05, 3.63) is 142 Å². The third-order valence-electron chi connectivity index (χ3n) is 16.8. The van der Waals surface area contributed by atoms with E-state index < -0.39 is 19.2 Å². The maximum absolute atomic E-state index is 13.0. The van der Waals surface area contributed by atoms with Crippen LogP contribution in [0.3, 0.4) is 0 Å². The summed E-state index contributed by atoms with van der Waals surface area (Å²) < 4.78 is 4.77. The van der Waals surface area contributed by atoms with E-state index in [1.807, 2.05) is 0 Å². The first-order valence-corrected chi connectivity index (χ1v) is 36.8. The van der Waals surface area contributed by atoms with Crippen molar-refractivity contribution in [3.8, 4) is 22.9 Å². The van der Waals surface area contributed by atoms with Gasteiger partial charge in [0.25, 0.3) is 0 Å². The molecule has 7 heteroatoms. The van der Waals surface area contributed by atoms with Gasteiger partial charge in [-0.25, -0.2) is 0 Å². The van der Waals surface area contributed by atoms with Crippen molar-refractivity contribution in [3.63, 3.8) is 0 Å². The Morgan fingerprint density at radius 1 is 0.387 bits per heavy atom. The molecule has 0 radical (unpaired) electrons. The Morgan fingerprint density at radius 2 is 0.653 bits per heavy atom. The Hall–Kier alpha value is -3.90. The van der Waals surface area contributed by atoms with Gasteiger partial charge in [0.2, 0.25) is 0 Å². The number of fused-ring (bicyclic) bond motifs is 7. The van der Waals surface area contributed by atoms with Crippen molar-refractivity contribution in [1.29, 1.82) is 0 Å². The summed E-state index contributed by atoms with van der Waals surface area (Å²) in [7, 11) is 0.453. The molecule has 2 unspecified atom stereocenters. The average molecular weight is 1120 g/mol. The SMILES string of the molecule is CC(C)(C)c1cc(C[S]2=[Zr]=[S](Cc3cc(C(C)(C)C)cc(-n4c5ccc(C(C)(C)C)cc5c5cc(C(C)(C)C)ccc54)c3O)[C@H]3CCCC[C@@H]32)c(O)c(-n2c3ccc(C(C)(C)C)cc3c3cc(C(C)(C)C)ccc32)c1. The first-order valence-electron chi connectivity index (χ1n) is 27.9. The topological polar surface area (TPSA) is 50.3 Å². The van der Waals surface area contributed by atoms with Crippen molar-refractivity contribution < 1.29 is 29.4 Å². The van der Waals surface area contributed by atoms with Gasteiger partial charge in [-0.1, -0.05) is 0 Å². The van der Waals surface area contributed by atoms with E-state index in [9.17, 15) is 10.2 Å². The van der Waals surface area contributed by atoms with E-state index in [2.05, 4.69) is 231 Å². The Bertz CT molecular complexity index is 3300. The molecule has 8 aromatic rings. The van der Waals surface area contributed by atoms with Gasteiger partial charge in [-0.15, -0.1) is 0 Å². The van der Waals surface area contributed by atoms with Gasteiger partial charge in [0.05, 0.1) is 0 Å². The Labute approximate surface area is 462 Å². The first-order chi connectivity index (χ1) is 34.8. The van der Waals surface area contributed by atoms with Gasteiger partial charge in [0.15, 0.2) is 0 Å². The van der Waals surface area contributed by atoms with Crippen LogP contribution < -0.4 is 0 Å². The van der Waals surface area contributed by atoms with Crippen LogP contribution in [0.4, 0.5) is 0 Å². The fraction of sp³-hybridized carbons (Fsp3) is 0.471. The number of aromatic hydroxyl groups is 2. The summed E-state index contributed by atoms with van der Waals surface area (Å²) in [4.78, 5) is 0. The van der Waals surface area contributed by atoms with Crippen LogP contribution in [0.1, 0.15) is 195 Å². The second kappa shape index (κ2) is 18.9. The Morgan fingerprint density at radius 3 is 0.907 bits per heavy atom. The molecule has 0 spiro atoms. The maximum atomic E-state index is 13.0. The molecule has 2 aromatic heterocycles. The zero-order valence-electron chi connectivity index (χ0n) is 48.7. The van der Waals surface area contributed by atoms with E-state index in [-0.39, 0.29) is 46.7 Å². The fourth-order valence-corrected chi connectivity index (χ4v) is 40.7. The van der Waals surface area contributed by atoms with Gasteiger partial charge >= 0.3 is 466 Å². The molecule has 2 aliphatic rings. The molecule has 1 saturated carbocycles. The van der Waals surface area contributed by atoms with Crippen LogP contribution in [-0.2, 0) is 63.2 Å². The normalized spacial score (nSPS) is 19.1. The molecule has 0 bridgehead atoms. The standard InChI is InChI=1S/C68H86N2O2S2.Zr/c1-63(2,3)43-23-27-53-49(33-43)50-34-44(64(4,5)6)24-28-54(50)69(53)57-37-47(67(13,14)15)31-41(61(57)71)39-73-59-21-19-20-22-60(59)74-40-42-32-48(68(16,17)18)38-58(62(42)72)70-55-29-25-45(65(7,8)9)35-51(55)52-36-46(66(10,11)12)26-30-56(52)70;/h23-38,59-60,71-72H,19-22,39-40H2,1-18H3;/t59-,60-;/m0./s1. The van der Waals surface area contributed by atoms with E-state index in [4.69, 9.17) is 0 Å². The summed E-state index contributed by atoms with van der Waals surface area (Å²) in [6.45, 7) is 41.5. The summed E-state index contributed by atoms with van der Waals surface area (Å²) in [5.41, 5.74) is 16.3.